The quantitative estimate of drug-likeness (QED) is 0.0543. The lowest BCUT2D eigenvalue weighted by molar-refractivity contribution is -0.401. The number of fused-ring (bicyclic) bond motifs is 2. The molecule has 3 aromatic carbocycles. The SMILES string of the molecule is C[N+]1=C(/C=C/C=C/C=C2/N(CCCCCC(=O)NCCCCC(NC(=O)OC(C)(C)C)C(=O)NCCc3ccc(O)cc3)c3ccccc3C2(C)C)C(C)(C)c2ccccc21. The number of unbranched alkanes of at least 4 members (excludes halogenated alkanes) is 3. The van der Waals surface area contributed by atoms with Crippen LogP contribution in [0.15, 0.2) is 109 Å². The number of phenols is 1. The maximum absolute atomic E-state index is 13.1. The minimum absolute atomic E-state index is 0.0241. The van der Waals surface area contributed by atoms with Gasteiger partial charge in [-0.05, 0) is 109 Å². The number of nitrogens with one attached hydrogen (secondary N) is 3. The number of alkyl carbamates (subject to hydrolysis) is 1. The summed E-state index contributed by atoms with van der Waals surface area (Å²) in [7, 11) is 2.14. The van der Waals surface area contributed by atoms with E-state index in [1.54, 1.807) is 32.9 Å². The number of benzene rings is 3. The van der Waals surface area contributed by atoms with Crippen LogP contribution in [0.4, 0.5) is 16.2 Å². The number of rotatable bonds is 19. The number of aromatic hydroxyl groups is 1. The van der Waals surface area contributed by atoms with Gasteiger partial charge in [0.1, 0.15) is 24.4 Å². The Morgan fingerprint density at radius 1 is 0.803 bits per heavy atom. The van der Waals surface area contributed by atoms with E-state index in [2.05, 4.69) is 139 Å². The Hall–Kier alpha value is -5.64. The molecular formula is C51H68N5O5+. The Morgan fingerprint density at radius 2 is 1.51 bits per heavy atom. The summed E-state index contributed by atoms with van der Waals surface area (Å²) in [4.78, 5) is 40.9. The molecule has 1 unspecified atom stereocenters. The van der Waals surface area contributed by atoms with Crippen LogP contribution in [0.25, 0.3) is 0 Å². The Kier molecular flexibility index (Phi) is 15.8. The van der Waals surface area contributed by atoms with Crippen LogP contribution in [-0.2, 0) is 31.6 Å². The van der Waals surface area contributed by atoms with E-state index in [1.807, 2.05) is 12.1 Å². The number of carbonyl (C=O) groups excluding carboxylic acids is 3. The highest BCUT2D eigenvalue weighted by Crippen LogP contribution is 2.47. The molecule has 2 aliphatic heterocycles. The first kappa shape index (κ1) is 46.4. The summed E-state index contributed by atoms with van der Waals surface area (Å²) in [5, 5.41) is 18.2. The third-order valence-corrected chi connectivity index (χ3v) is 11.7. The number of hydrogen-bond donors (Lipinski definition) is 4. The second kappa shape index (κ2) is 20.8. The zero-order chi connectivity index (χ0) is 44.2. The van der Waals surface area contributed by atoms with Gasteiger partial charge in [0.05, 0.1) is 5.41 Å². The third kappa shape index (κ3) is 12.5. The fraction of sp³-hybridized carbons (Fsp3) is 0.451. The lowest BCUT2D eigenvalue weighted by Crippen LogP contribution is -2.48. The van der Waals surface area contributed by atoms with Crippen LogP contribution in [0.2, 0.25) is 0 Å². The average Bonchev–Trinajstić information content (AvgIpc) is 3.54. The van der Waals surface area contributed by atoms with E-state index in [-0.39, 0.29) is 28.4 Å². The molecule has 1 atom stereocenters. The molecular weight excluding hydrogens is 763 g/mol. The van der Waals surface area contributed by atoms with Gasteiger partial charge in [-0.15, -0.1) is 0 Å². The first-order valence-corrected chi connectivity index (χ1v) is 21.9. The summed E-state index contributed by atoms with van der Waals surface area (Å²) in [6, 6.07) is 23.4. The highest BCUT2D eigenvalue weighted by molar-refractivity contribution is 6.03. The molecule has 0 bridgehead atoms. The molecule has 0 radical (unpaired) electrons. The van der Waals surface area contributed by atoms with Crippen molar-refractivity contribution in [3.63, 3.8) is 0 Å². The van der Waals surface area contributed by atoms with Crippen LogP contribution in [0.3, 0.4) is 0 Å². The lowest BCUT2D eigenvalue weighted by atomic mass is 9.81. The van der Waals surface area contributed by atoms with Crippen molar-refractivity contribution in [2.24, 2.45) is 0 Å². The van der Waals surface area contributed by atoms with Gasteiger partial charge in [-0.2, -0.15) is 4.58 Å². The molecule has 0 fully saturated rings. The van der Waals surface area contributed by atoms with Gasteiger partial charge in [0, 0.05) is 60.6 Å². The second-order valence-corrected chi connectivity index (χ2v) is 18.2. The van der Waals surface area contributed by atoms with Crippen molar-refractivity contribution < 1.29 is 28.8 Å². The maximum Gasteiger partial charge on any atom is 0.408 e. The summed E-state index contributed by atoms with van der Waals surface area (Å²) in [6.07, 6.45) is 15.7. The molecule has 0 aromatic heterocycles. The zero-order valence-corrected chi connectivity index (χ0v) is 37.6. The van der Waals surface area contributed by atoms with Gasteiger partial charge < -0.3 is 30.7 Å². The summed E-state index contributed by atoms with van der Waals surface area (Å²) in [5.41, 5.74) is 7.80. The van der Waals surface area contributed by atoms with Crippen LogP contribution in [0.5, 0.6) is 5.75 Å². The molecule has 5 rings (SSSR count). The lowest BCUT2D eigenvalue weighted by Gasteiger charge is -2.27. The molecule has 4 N–H and O–H groups in total. The van der Waals surface area contributed by atoms with Gasteiger partial charge in [-0.25, -0.2) is 4.79 Å². The number of hydrogen-bond acceptors (Lipinski definition) is 6. The molecule has 0 aliphatic carbocycles. The Bertz CT molecular complexity index is 2120. The molecule has 0 saturated heterocycles. The molecule has 326 valence electrons. The van der Waals surface area contributed by atoms with E-state index in [4.69, 9.17) is 4.74 Å². The molecule has 0 saturated carbocycles. The number of anilines is 1. The number of nitrogens with zero attached hydrogens (tertiary/aromatic N) is 2. The normalized spacial score (nSPS) is 16.5. The van der Waals surface area contributed by atoms with Gasteiger partial charge in [0.25, 0.3) is 0 Å². The molecule has 10 nitrogen and oxygen atoms in total. The van der Waals surface area contributed by atoms with Crippen LogP contribution >= 0.6 is 0 Å². The van der Waals surface area contributed by atoms with Gasteiger partial charge in [-0.3, -0.25) is 9.59 Å². The van der Waals surface area contributed by atoms with Crippen molar-refractivity contribution in [1.29, 1.82) is 0 Å². The third-order valence-electron chi connectivity index (χ3n) is 11.7. The number of ether oxygens (including phenoxy) is 1. The monoisotopic (exact) mass is 831 g/mol. The van der Waals surface area contributed by atoms with Crippen molar-refractivity contribution in [3.05, 3.63) is 126 Å². The molecule has 3 aromatic rings. The zero-order valence-electron chi connectivity index (χ0n) is 37.6. The molecule has 61 heavy (non-hydrogen) atoms. The first-order chi connectivity index (χ1) is 29.0. The van der Waals surface area contributed by atoms with Crippen LogP contribution in [0.1, 0.15) is 110 Å². The minimum atomic E-state index is -0.767. The van der Waals surface area contributed by atoms with Gasteiger partial charge in [0.15, 0.2) is 5.71 Å². The standard InChI is InChI=1S/C51H67N5O5/c1-49(2,3)61-48(60)54-41(47(59)53-35-33-37-29-31-38(57)32-30-37)23-18-19-34-52-46(58)28-13-10-20-36-56-43-25-17-15-22-40(43)51(6,7)45(56)27-12-9-11-26-44-50(4,5)39-21-14-16-24-42(39)55(44)8/h9,11-12,14-17,21-22,24-27,29-32,41H,10,13,18-20,23,28,33-36H2,1-8H3,(H3-,52,53,54,57,58,59,60)/p+1. The smallest absolute Gasteiger partial charge is 0.408 e. The van der Waals surface area contributed by atoms with Crippen molar-refractivity contribution in [1.82, 2.24) is 16.0 Å². The summed E-state index contributed by atoms with van der Waals surface area (Å²) in [6.45, 7) is 16.2. The molecule has 3 amide bonds. The van der Waals surface area contributed by atoms with Crippen LogP contribution in [0, 0.1) is 0 Å². The van der Waals surface area contributed by atoms with Gasteiger partial charge in [0.2, 0.25) is 17.5 Å². The van der Waals surface area contributed by atoms with E-state index in [0.29, 0.717) is 45.2 Å². The Morgan fingerprint density at radius 3 is 2.23 bits per heavy atom. The highest BCUT2D eigenvalue weighted by Gasteiger charge is 2.42. The Labute approximate surface area is 363 Å². The maximum atomic E-state index is 13.1. The topological polar surface area (TPSA) is 123 Å². The molecule has 2 heterocycles. The van der Waals surface area contributed by atoms with Crippen molar-refractivity contribution >= 4 is 35.0 Å². The van der Waals surface area contributed by atoms with Crippen molar-refractivity contribution in [2.45, 2.75) is 122 Å². The number of para-hydroxylation sites is 2. The summed E-state index contributed by atoms with van der Waals surface area (Å²) < 4.78 is 7.70. The summed E-state index contributed by atoms with van der Waals surface area (Å²) in [5.74, 6) is -0.0752. The second-order valence-electron chi connectivity index (χ2n) is 18.2. The van der Waals surface area contributed by atoms with Gasteiger partial charge >= 0.3 is 6.09 Å². The largest absolute Gasteiger partial charge is 0.508 e. The van der Waals surface area contributed by atoms with E-state index >= 15 is 0 Å². The Balaban J connectivity index is 1.06. The average molecular weight is 831 g/mol. The van der Waals surface area contributed by atoms with E-state index in [1.165, 1.54) is 33.9 Å². The van der Waals surface area contributed by atoms with E-state index in [0.717, 1.165) is 31.4 Å². The molecule has 2 aliphatic rings. The van der Waals surface area contributed by atoms with Crippen molar-refractivity contribution in [2.75, 3.05) is 31.6 Å². The first-order valence-electron chi connectivity index (χ1n) is 21.9. The predicted octanol–water partition coefficient (Wildman–Crippen LogP) is 9.29. The van der Waals surface area contributed by atoms with E-state index < -0.39 is 17.7 Å². The highest BCUT2D eigenvalue weighted by atomic mass is 16.6. The predicted molar refractivity (Wildman–Crippen MR) is 247 cm³/mol. The molecule has 10 heteroatoms. The molecule has 0 spiro atoms. The number of carbonyl (C=O) groups is 3. The van der Waals surface area contributed by atoms with Crippen LogP contribution in [-0.4, -0.2) is 71.6 Å². The fourth-order valence-electron chi connectivity index (χ4n) is 8.40. The number of phenolic OH excluding ortho intramolecular Hbond substituents is 1. The van der Waals surface area contributed by atoms with E-state index in [9.17, 15) is 19.5 Å². The van der Waals surface area contributed by atoms with Gasteiger partial charge in [-0.1, -0.05) is 87.0 Å². The number of allylic oxidation sites excluding steroid dienone is 6. The fourth-order valence-corrected chi connectivity index (χ4v) is 8.40. The minimum Gasteiger partial charge on any atom is -0.508 e. The van der Waals surface area contributed by atoms with Crippen LogP contribution < -0.4 is 20.9 Å². The van der Waals surface area contributed by atoms with Crippen molar-refractivity contribution in [3.8, 4) is 5.75 Å². The number of amides is 3. The summed E-state index contributed by atoms with van der Waals surface area (Å²) >= 11 is 0.